The van der Waals surface area contributed by atoms with Crippen molar-refractivity contribution in [3.63, 3.8) is 0 Å². The van der Waals surface area contributed by atoms with Crippen LogP contribution in [0.25, 0.3) is 11.1 Å². The van der Waals surface area contributed by atoms with Gasteiger partial charge in [-0.25, -0.2) is 13.2 Å². The van der Waals surface area contributed by atoms with Crippen LogP contribution < -0.4 is 9.47 Å². The Labute approximate surface area is 215 Å². The number of aryl methyl sites for hydroxylation is 1. The molecule has 0 heterocycles. The van der Waals surface area contributed by atoms with Gasteiger partial charge in [-0.3, -0.25) is 4.79 Å². The smallest absolute Gasteiger partial charge is 0.314 e. The number of halogens is 3. The minimum absolute atomic E-state index is 0.104. The summed E-state index contributed by atoms with van der Waals surface area (Å²) in [4.78, 5) is 12.7. The lowest BCUT2D eigenvalue weighted by atomic mass is 9.78. The average molecular weight is 509 g/mol. The summed E-state index contributed by atoms with van der Waals surface area (Å²) < 4.78 is 55.1. The van der Waals surface area contributed by atoms with Crippen LogP contribution in [-0.2, 0) is 4.79 Å². The lowest BCUT2D eigenvalue weighted by molar-refractivity contribution is -0.140. The predicted octanol–water partition coefficient (Wildman–Crippen LogP) is 8.30. The van der Waals surface area contributed by atoms with Crippen molar-refractivity contribution in [2.24, 2.45) is 5.92 Å². The van der Waals surface area contributed by atoms with Crippen LogP contribution in [0.3, 0.4) is 0 Å². The summed E-state index contributed by atoms with van der Waals surface area (Å²) in [6, 6.07) is 14.7. The van der Waals surface area contributed by atoms with Gasteiger partial charge < -0.3 is 9.47 Å². The van der Waals surface area contributed by atoms with Crippen LogP contribution in [0, 0.1) is 30.3 Å². The second kappa shape index (κ2) is 12.1. The molecule has 3 aromatic rings. The standard InChI is InChI=1S/C31H31F3O3/c1-3-4-5-18-36-28-17-14-24(19-27(28)32)37-31(35)23-12-10-22(11-13-23)26-16-15-25(29(33)30(26)34)21-8-6-20(2)7-9-21/h3,6-9,14-17,19,22-23H,1,4-5,10-13,18H2,2H3. The number of esters is 1. The molecular weight excluding hydrogens is 477 g/mol. The Morgan fingerprint density at radius 1 is 0.973 bits per heavy atom. The molecule has 1 saturated carbocycles. The van der Waals surface area contributed by atoms with E-state index in [1.807, 2.05) is 19.1 Å². The average Bonchev–Trinajstić information content (AvgIpc) is 2.90. The fourth-order valence-electron chi connectivity index (χ4n) is 4.75. The Morgan fingerprint density at radius 2 is 1.70 bits per heavy atom. The normalized spacial score (nSPS) is 17.3. The number of allylic oxidation sites excluding steroid dienone is 1. The SMILES string of the molecule is C=CCCCOc1ccc(OC(=O)C2CCC(c3ccc(-c4ccc(C)cc4)c(F)c3F)CC2)cc1F. The second-order valence-electron chi connectivity index (χ2n) is 9.54. The minimum atomic E-state index is -0.849. The molecule has 3 nitrogen and oxygen atoms in total. The quantitative estimate of drug-likeness (QED) is 0.126. The van der Waals surface area contributed by atoms with Gasteiger partial charge in [0.25, 0.3) is 0 Å². The third kappa shape index (κ3) is 6.43. The highest BCUT2D eigenvalue weighted by atomic mass is 19.2. The number of unbranched alkanes of at least 4 members (excludes halogenated alkanes) is 1. The molecule has 1 aliphatic carbocycles. The van der Waals surface area contributed by atoms with Gasteiger partial charge in [0.05, 0.1) is 12.5 Å². The van der Waals surface area contributed by atoms with Crippen LogP contribution in [0.5, 0.6) is 11.5 Å². The third-order valence-corrected chi connectivity index (χ3v) is 6.91. The second-order valence-corrected chi connectivity index (χ2v) is 9.54. The van der Waals surface area contributed by atoms with E-state index in [-0.39, 0.29) is 28.9 Å². The van der Waals surface area contributed by atoms with Gasteiger partial charge in [0.15, 0.2) is 23.2 Å². The molecule has 0 unspecified atom stereocenters. The highest BCUT2D eigenvalue weighted by Crippen LogP contribution is 2.39. The Hall–Kier alpha value is -3.54. The van der Waals surface area contributed by atoms with E-state index in [2.05, 4.69) is 6.58 Å². The topological polar surface area (TPSA) is 35.5 Å². The molecule has 0 spiro atoms. The van der Waals surface area contributed by atoms with Crippen molar-refractivity contribution in [3.8, 4) is 22.6 Å². The van der Waals surface area contributed by atoms with E-state index in [4.69, 9.17) is 9.47 Å². The van der Waals surface area contributed by atoms with E-state index in [9.17, 15) is 13.6 Å². The molecule has 0 radical (unpaired) electrons. The van der Waals surface area contributed by atoms with Crippen molar-refractivity contribution in [1.29, 1.82) is 0 Å². The molecule has 194 valence electrons. The van der Waals surface area contributed by atoms with E-state index in [0.717, 1.165) is 24.5 Å². The zero-order chi connectivity index (χ0) is 26.4. The van der Waals surface area contributed by atoms with Crippen molar-refractivity contribution in [2.45, 2.75) is 51.4 Å². The molecule has 1 fully saturated rings. The number of carbonyl (C=O) groups is 1. The van der Waals surface area contributed by atoms with Crippen LogP contribution in [0.2, 0.25) is 0 Å². The van der Waals surface area contributed by atoms with Crippen LogP contribution >= 0.6 is 0 Å². The molecule has 37 heavy (non-hydrogen) atoms. The van der Waals surface area contributed by atoms with E-state index >= 15 is 4.39 Å². The zero-order valence-electron chi connectivity index (χ0n) is 20.9. The number of hydrogen-bond acceptors (Lipinski definition) is 3. The van der Waals surface area contributed by atoms with E-state index in [0.29, 0.717) is 43.4 Å². The number of ether oxygens (including phenoxy) is 2. The maximum atomic E-state index is 15.0. The van der Waals surface area contributed by atoms with Crippen molar-refractivity contribution in [3.05, 3.63) is 95.8 Å². The van der Waals surface area contributed by atoms with Gasteiger partial charge in [-0.2, -0.15) is 0 Å². The summed E-state index contributed by atoms with van der Waals surface area (Å²) in [7, 11) is 0. The lowest BCUT2D eigenvalue weighted by Gasteiger charge is -2.28. The van der Waals surface area contributed by atoms with Gasteiger partial charge in [-0.1, -0.05) is 48.0 Å². The molecule has 1 aliphatic rings. The molecule has 0 saturated heterocycles. The first kappa shape index (κ1) is 26.5. The minimum Gasteiger partial charge on any atom is -0.491 e. The zero-order valence-corrected chi connectivity index (χ0v) is 20.9. The number of carbonyl (C=O) groups excluding carboxylic acids is 1. The van der Waals surface area contributed by atoms with Crippen molar-refractivity contribution in [1.82, 2.24) is 0 Å². The monoisotopic (exact) mass is 508 g/mol. The Kier molecular flexibility index (Phi) is 8.70. The number of rotatable bonds is 9. The van der Waals surface area contributed by atoms with Gasteiger partial charge in [0, 0.05) is 11.6 Å². The first-order chi connectivity index (χ1) is 17.9. The van der Waals surface area contributed by atoms with Crippen LogP contribution in [-0.4, -0.2) is 12.6 Å². The summed E-state index contributed by atoms with van der Waals surface area (Å²) in [6.07, 6.45) is 5.31. The van der Waals surface area contributed by atoms with Gasteiger partial charge in [-0.05, 0) is 74.6 Å². The highest BCUT2D eigenvalue weighted by molar-refractivity contribution is 5.75. The first-order valence-corrected chi connectivity index (χ1v) is 12.7. The highest BCUT2D eigenvalue weighted by Gasteiger charge is 2.31. The molecule has 0 aromatic heterocycles. The lowest BCUT2D eigenvalue weighted by Crippen LogP contribution is -2.25. The predicted molar refractivity (Wildman–Crippen MR) is 138 cm³/mol. The molecular formula is C31H31F3O3. The van der Waals surface area contributed by atoms with E-state index in [1.165, 1.54) is 12.1 Å². The van der Waals surface area contributed by atoms with Crippen LogP contribution in [0.15, 0.2) is 67.3 Å². The maximum absolute atomic E-state index is 15.0. The molecule has 0 N–H and O–H groups in total. The van der Waals surface area contributed by atoms with Crippen molar-refractivity contribution < 1.29 is 27.4 Å². The molecule has 0 amide bonds. The van der Waals surface area contributed by atoms with Crippen LogP contribution in [0.4, 0.5) is 13.2 Å². The summed E-state index contributed by atoms with van der Waals surface area (Å²) in [5.41, 5.74) is 2.25. The summed E-state index contributed by atoms with van der Waals surface area (Å²) in [5, 5.41) is 0. The molecule has 4 rings (SSSR count). The van der Waals surface area contributed by atoms with Gasteiger partial charge in [-0.15, -0.1) is 6.58 Å². The maximum Gasteiger partial charge on any atom is 0.314 e. The van der Waals surface area contributed by atoms with E-state index in [1.54, 1.807) is 30.3 Å². The van der Waals surface area contributed by atoms with E-state index < -0.39 is 23.4 Å². The number of benzene rings is 3. The Balaban J connectivity index is 1.34. The van der Waals surface area contributed by atoms with Gasteiger partial charge in [0.2, 0.25) is 0 Å². The molecule has 0 atom stereocenters. The Bertz CT molecular complexity index is 1250. The van der Waals surface area contributed by atoms with Crippen molar-refractivity contribution in [2.75, 3.05) is 6.61 Å². The van der Waals surface area contributed by atoms with Crippen LogP contribution in [0.1, 0.15) is 55.6 Å². The van der Waals surface area contributed by atoms with Gasteiger partial charge >= 0.3 is 5.97 Å². The molecule has 6 heteroatoms. The largest absolute Gasteiger partial charge is 0.491 e. The number of hydrogen-bond donors (Lipinski definition) is 0. The molecule has 3 aromatic carbocycles. The molecule has 0 bridgehead atoms. The molecule has 0 aliphatic heterocycles. The summed E-state index contributed by atoms with van der Waals surface area (Å²) >= 11 is 0. The fourth-order valence-corrected chi connectivity index (χ4v) is 4.75. The summed E-state index contributed by atoms with van der Waals surface area (Å²) in [6.45, 7) is 5.94. The Morgan fingerprint density at radius 3 is 2.38 bits per heavy atom. The fraction of sp³-hybridized carbons (Fsp3) is 0.323. The third-order valence-electron chi connectivity index (χ3n) is 6.91. The summed E-state index contributed by atoms with van der Waals surface area (Å²) in [5.74, 6) is -3.06. The van der Waals surface area contributed by atoms with Gasteiger partial charge in [0.1, 0.15) is 5.75 Å². The van der Waals surface area contributed by atoms with Crippen molar-refractivity contribution >= 4 is 5.97 Å². The first-order valence-electron chi connectivity index (χ1n) is 12.7.